The molecule has 0 bridgehead atoms. The van der Waals surface area contributed by atoms with Gasteiger partial charge in [0.2, 0.25) is 5.91 Å². The molecular formula is C20H21N5O. The number of nitrogens with zero attached hydrogens (tertiary/aromatic N) is 4. The maximum atomic E-state index is 11.9. The second-order valence-corrected chi connectivity index (χ2v) is 6.70. The molecule has 1 fully saturated rings. The summed E-state index contributed by atoms with van der Waals surface area (Å²) in [6.07, 6.45) is 5.83. The zero-order valence-electron chi connectivity index (χ0n) is 14.7. The van der Waals surface area contributed by atoms with Crippen LogP contribution < -0.4 is 5.73 Å². The molecule has 6 heteroatoms. The van der Waals surface area contributed by atoms with E-state index in [1.165, 1.54) is 18.0 Å². The second-order valence-electron chi connectivity index (χ2n) is 6.70. The first-order chi connectivity index (χ1) is 12.6. The van der Waals surface area contributed by atoms with Crippen molar-refractivity contribution >= 4 is 22.8 Å². The maximum absolute atomic E-state index is 11.9. The lowest BCUT2D eigenvalue weighted by Gasteiger charge is -2.15. The number of benzene rings is 1. The molecule has 0 aliphatic carbocycles. The highest BCUT2D eigenvalue weighted by Gasteiger charge is 2.28. The molecule has 0 radical (unpaired) electrons. The van der Waals surface area contributed by atoms with Gasteiger partial charge in [-0.2, -0.15) is 0 Å². The van der Waals surface area contributed by atoms with Crippen molar-refractivity contribution in [3.63, 3.8) is 0 Å². The first-order valence-electron chi connectivity index (χ1n) is 8.68. The van der Waals surface area contributed by atoms with Crippen LogP contribution >= 0.6 is 0 Å². The van der Waals surface area contributed by atoms with Gasteiger partial charge in [0.25, 0.3) is 0 Å². The minimum Gasteiger partial charge on any atom is -0.383 e. The molecule has 1 aliphatic rings. The zero-order chi connectivity index (χ0) is 18.3. The van der Waals surface area contributed by atoms with E-state index in [2.05, 4.69) is 58.5 Å². The molecule has 1 saturated heterocycles. The fourth-order valence-corrected chi connectivity index (χ4v) is 3.64. The monoisotopic (exact) mass is 347 g/mol. The Balaban J connectivity index is 1.82. The third-order valence-electron chi connectivity index (χ3n) is 5.04. The van der Waals surface area contributed by atoms with E-state index < -0.39 is 0 Å². The number of aromatic nitrogens is 3. The average Bonchev–Trinajstić information content (AvgIpc) is 3.27. The van der Waals surface area contributed by atoms with Crippen molar-refractivity contribution in [2.24, 2.45) is 0 Å². The van der Waals surface area contributed by atoms with Crippen molar-refractivity contribution in [2.75, 3.05) is 18.8 Å². The second kappa shape index (κ2) is 6.29. The molecule has 3 heterocycles. The molecule has 1 unspecified atom stereocenters. The van der Waals surface area contributed by atoms with Gasteiger partial charge in [0.15, 0.2) is 0 Å². The van der Waals surface area contributed by atoms with Gasteiger partial charge in [0.1, 0.15) is 17.8 Å². The lowest BCUT2D eigenvalue weighted by atomic mass is 10.0. The highest BCUT2D eigenvalue weighted by atomic mass is 16.2. The highest BCUT2D eigenvalue weighted by molar-refractivity contribution is 6.00. The minimum atomic E-state index is -0.0307. The molecule has 1 aromatic carbocycles. The summed E-state index contributed by atoms with van der Waals surface area (Å²) in [6.45, 7) is 7.01. The summed E-state index contributed by atoms with van der Waals surface area (Å²) in [5.41, 5.74) is 10.3. The molecule has 26 heavy (non-hydrogen) atoms. The molecule has 1 atom stereocenters. The van der Waals surface area contributed by atoms with E-state index in [1.54, 1.807) is 0 Å². The van der Waals surface area contributed by atoms with Gasteiger partial charge in [-0.3, -0.25) is 4.79 Å². The van der Waals surface area contributed by atoms with Gasteiger partial charge in [0, 0.05) is 24.8 Å². The molecule has 6 nitrogen and oxygen atoms in total. The Morgan fingerprint density at radius 1 is 1.31 bits per heavy atom. The van der Waals surface area contributed by atoms with Crippen LogP contribution in [0, 0.1) is 6.92 Å². The number of likely N-dealkylation sites (tertiary alicyclic amines) is 1. The number of fused-ring (bicyclic) bond motifs is 1. The van der Waals surface area contributed by atoms with E-state index in [-0.39, 0.29) is 11.9 Å². The van der Waals surface area contributed by atoms with Crippen molar-refractivity contribution in [3.8, 4) is 11.1 Å². The highest BCUT2D eigenvalue weighted by Crippen LogP contribution is 2.36. The maximum Gasteiger partial charge on any atom is 0.246 e. The number of aryl methyl sites for hydroxylation is 1. The molecule has 0 saturated carbocycles. The number of amides is 1. The summed E-state index contributed by atoms with van der Waals surface area (Å²) in [7, 11) is 0. The fourth-order valence-electron chi connectivity index (χ4n) is 3.64. The number of rotatable bonds is 3. The standard InChI is InChI=1S/C20H21N5O/c1-3-17(26)24-9-8-15(10-24)25-11-16(14-6-4-13(2)5-7-14)18-19(21)22-12-23-20(18)25/h3-7,11-12,15H,1,8-10H2,2H3,(H2,21,22,23). The van der Waals surface area contributed by atoms with E-state index in [4.69, 9.17) is 5.73 Å². The summed E-state index contributed by atoms with van der Waals surface area (Å²) in [5.74, 6) is 0.443. The van der Waals surface area contributed by atoms with Gasteiger partial charge >= 0.3 is 0 Å². The molecule has 3 aromatic rings. The Morgan fingerprint density at radius 2 is 2.08 bits per heavy atom. The van der Waals surface area contributed by atoms with Crippen molar-refractivity contribution in [1.82, 2.24) is 19.4 Å². The number of nitrogens with two attached hydrogens (primary N) is 1. The van der Waals surface area contributed by atoms with Crippen molar-refractivity contribution in [3.05, 3.63) is 55.0 Å². The molecular weight excluding hydrogens is 326 g/mol. The van der Waals surface area contributed by atoms with Gasteiger partial charge in [-0.1, -0.05) is 36.4 Å². The van der Waals surface area contributed by atoms with Gasteiger partial charge in [0.05, 0.1) is 11.4 Å². The first kappa shape index (κ1) is 16.3. The van der Waals surface area contributed by atoms with Crippen LogP contribution in [-0.2, 0) is 4.79 Å². The molecule has 1 aliphatic heterocycles. The quantitative estimate of drug-likeness (QED) is 0.739. The van der Waals surface area contributed by atoms with E-state index in [9.17, 15) is 4.79 Å². The number of nitrogen functional groups attached to an aromatic ring is 1. The number of hydrogen-bond donors (Lipinski definition) is 1. The minimum absolute atomic E-state index is 0.0307. The summed E-state index contributed by atoms with van der Waals surface area (Å²) in [5, 5.41) is 0.866. The number of carbonyl (C=O) groups excluding carboxylic acids is 1. The van der Waals surface area contributed by atoms with Crippen molar-refractivity contribution < 1.29 is 4.79 Å². The van der Waals surface area contributed by atoms with E-state index in [0.717, 1.165) is 35.1 Å². The van der Waals surface area contributed by atoms with Crippen LogP contribution in [0.4, 0.5) is 5.82 Å². The van der Waals surface area contributed by atoms with Crippen LogP contribution in [-0.4, -0.2) is 38.4 Å². The van der Waals surface area contributed by atoms with Crippen LogP contribution in [0.5, 0.6) is 0 Å². The molecule has 2 aromatic heterocycles. The molecule has 2 N–H and O–H groups in total. The van der Waals surface area contributed by atoms with E-state index in [1.807, 2.05) is 4.90 Å². The fraction of sp³-hybridized carbons (Fsp3) is 0.250. The third-order valence-corrected chi connectivity index (χ3v) is 5.04. The van der Waals surface area contributed by atoms with Crippen LogP contribution in [0.2, 0.25) is 0 Å². The summed E-state index contributed by atoms with van der Waals surface area (Å²) < 4.78 is 2.14. The Bertz CT molecular complexity index is 989. The third kappa shape index (κ3) is 2.63. The average molecular weight is 347 g/mol. The van der Waals surface area contributed by atoms with Crippen molar-refractivity contribution in [1.29, 1.82) is 0 Å². The number of carbonyl (C=O) groups is 1. The largest absolute Gasteiger partial charge is 0.383 e. The van der Waals surface area contributed by atoms with E-state index >= 15 is 0 Å². The summed E-state index contributed by atoms with van der Waals surface area (Å²) in [6, 6.07) is 8.50. The van der Waals surface area contributed by atoms with Gasteiger partial charge in [-0.25, -0.2) is 9.97 Å². The molecule has 1 amide bonds. The predicted octanol–water partition coefficient (Wildman–Crippen LogP) is 2.95. The van der Waals surface area contributed by atoms with Crippen LogP contribution in [0.1, 0.15) is 18.0 Å². The topological polar surface area (TPSA) is 77.0 Å². The zero-order valence-corrected chi connectivity index (χ0v) is 14.7. The molecule has 4 rings (SSSR count). The molecule has 132 valence electrons. The Kier molecular flexibility index (Phi) is 3.95. The summed E-state index contributed by atoms with van der Waals surface area (Å²) in [4.78, 5) is 22.4. The SMILES string of the molecule is C=CC(=O)N1CCC(n2cc(-c3ccc(C)cc3)c3c(N)ncnc32)C1. The number of hydrogen-bond acceptors (Lipinski definition) is 4. The Labute approximate surface area is 152 Å². The first-order valence-corrected chi connectivity index (χ1v) is 8.68. The van der Waals surface area contributed by atoms with Crippen LogP contribution in [0.15, 0.2) is 49.4 Å². The van der Waals surface area contributed by atoms with Crippen molar-refractivity contribution in [2.45, 2.75) is 19.4 Å². The smallest absolute Gasteiger partial charge is 0.246 e. The predicted molar refractivity (Wildman–Crippen MR) is 103 cm³/mol. The summed E-state index contributed by atoms with van der Waals surface area (Å²) >= 11 is 0. The Hall–Kier alpha value is -3.15. The lowest BCUT2D eigenvalue weighted by molar-refractivity contribution is -0.125. The number of anilines is 1. The molecule has 0 spiro atoms. The van der Waals surface area contributed by atoms with Gasteiger partial charge in [-0.05, 0) is 25.0 Å². The van der Waals surface area contributed by atoms with Crippen LogP contribution in [0.3, 0.4) is 0 Å². The lowest BCUT2D eigenvalue weighted by Crippen LogP contribution is -2.27. The van der Waals surface area contributed by atoms with E-state index in [0.29, 0.717) is 12.4 Å². The van der Waals surface area contributed by atoms with Gasteiger partial charge < -0.3 is 15.2 Å². The Morgan fingerprint density at radius 3 is 2.81 bits per heavy atom. The van der Waals surface area contributed by atoms with Crippen LogP contribution in [0.25, 0.3) is 22.2 Å². The van der Waals surface area contributed by atoms with Gasteiger partial charge in [-0.15, -0.1) is 0 Å². The normalized spacial score (nSPS) is 17.0.